The Labute approximate surface area is 133 Å². The van der Waals surface area contributed by atoms with Gasteiger partial charge >= 0.3 is 5.97 Å². The zero-order valence-corrected chi connectivity index (χ0v) is 12.6. The fraction of sp³-hybridized carbons (Fsp3) is 0.0526. The fourth-order valence-electron chi connectivity index (χ4n) is 2.68. The highest BCUT2D eigenvalue weighted by molar-refractivity contribution is 6.12. The number of carbonyl (C=O) groups is 1. The van der Waals surface area contributed by atoms with Gasteiger partial charge in [0, 0.05) is 18.8 Å². The summed E-state index contributed by atoms with van der Waals surface area (Å²) in [5.74, 6) is -0.0745. The number of hydrogen-bond acceptors (Lipinski definition) is 4. The van der Waals surface area contributed by atoms with E-state index in [0.717, 1.165) is 22.0 Å². The van der Waals surface area contributed by atoms with Gasteiger partial charge in [-0.1, -0.05) is 36.4 Å². The summed E-state index contributed by atoms with van der Waals surface area (Å²) in [6.45, 7) is 0. The number of fused-ring (bicyclic) bond motifs is 1. The second-order valence-corrected chi connectivity index (χ2v) is 5.41. The molecule has 0 saturated carbocycles. The van der Waals surface area contributed by atoms with Gasteiger partial charge in [-0.15, -0.1) is 0 Å². The van der Waals surface area contributed by atoms with Crippen molar-refractivity contribution in [2.75, 3.05) is 7.05 Å². The van der Waals surface area contributed by atoms with E-state index in [1.807, 2.05) is 78.8 Å². The molecule has 0 atom stereocenters. The lowest BCUT2D eigenvalue weighted by molar-refractivity contribution is -0.130. The standard InChI is InChI=1S/C19H14N2O2/c1-21-11-5-4-8-16(21)17-19(22)23-18(20-17)15-10-9-13-6-2-3-7-14(13)12-15/h2-12H,1H3/b17-16-. The highest BCUT2D eigenvalue weighted by Crippen LogP contribution is 2.25. The van der Waals surface area contributed by atoms with Crippen molar-refractivity contribution in [3.8, 4) is 0 Å². The molecule has 0 aliphatic carbocycles. The summed E-state index contributed by atoms with van der Waals surface area (Å²) in [5.41, 5.74) is 1.86. The Bertz CT molecular complexity index is 935. The molecule has 0 N–H and O–H groups in total. The SMILES string of the molecule is CN1C=CC=C/C1=C1/N=C(c2ccc3ccccc3c2)OC1=O. The highest BCUT2D eigenvalue weighted by atomic mass is 16.6. The summed E-state index contributed by atoms with van der Waals surface area (Å²) in [6.07, 6.45) is 7.50. The van der Waals surface area contributed by atoms with Crippen molar-refractivity contribution < 1.29 is 9.53 Å². The number of esters is 1. The fourth-order valence-corrected chi connectivity index (χ4v) is 2.68. The predicted molar refractivity (Wildman–Crippen MR) is 89.6 cm³/mol. The van der Waals surface area contributed by atoms with E-state index >= 15 is 0 Å². The number of nitrogens with zero attached hydrogens (tertiary/aromatic N) is 2. The third kappa shape index (κ3) is 2.34. The van der Waals surface area contributed by atoms with Crippen molar-refractivity contribution in [2.24, 2.45) is 4.99 Å². The molecule has 0 amide bonds. The first-order valence-corrected chi connectivity index (χ1v) is 7.34. The van der Waals surface area contributed by atoms with E-state index in [4.69, 9.17) is 4.74 Å². The minimum atomic E-state index is -0.421. The number of hydrogen-bond donors (Lipinski definition) is 0. The summed E-state index contributed by atoms with van der Waals surface area (Å²) in [6, 6.07) is 14.0. The topological polar surface area (TPSA) is 41.9 Å². The van der Waals surface area contributed by atoms with Crippen molar-refractivity contribution in [2.45, 2.75) is 0 Å². The van der Waals surface area contributed by atoms with Gasteiger partial charge in [0.15, 0.2) is 5.70 Å². The van der Waals surface area contributed by atoms with Crippen LogP contribution >= 0.6 is 0 Å². The van der Waals surface area contributed by atoms with Crippen LogP contribution in [0.4, 0.5) is 0 Å². The van der Waals surface area contributed by atoms with Gasteiger partial charge in [-0.2, -0.15) is 0 Å². The Balaban J connectivity index is 1.78. The molecule has 2 heterocycles. The van der Waals surface area contributed by atoms with Crippen LogP contribution in [0.5, 0.6) is 0 Å². The molecule has 0 radical (unpaired) electrons. The Kier molecular flexibility index (Phi) is 3.08. The van der Waals surface area contributed by atoms with Gasteiger partial charge in [-0.3, -0.25) is 0 Å². The van der Waals surface area contributed by atoms with Gasteiger partial charge in [0.1, 0.15) is 0 Å². The second kappa shape index (κ2) is 5.25. The molecular formula is C19H14N2O2. The molecule has 0 fully saturated rings. The largest absolute Gasteiger partial charge is 0.402 e. The molecule has 0 saturated heterocycles. The molecule has 0 spiro atoms. The summed E-state index contributed by atoms with van der Waals surface area (Å²) < 4.78 is 5.38. The number of benzene rings is 2. The normalized spacial score (nSPS) is 20.1. The third-order valence-corrected chi connectivity index (χ3v) is 3.89. The van der Waals surface area contributed by atoms with Crippen LogP contribution < -0.4 is 0 Å². The van der Waals surface area contributed by atoms with Crippen LogP contribution in [0.3, 0.4) is 0 Å². The zero-order valence-electron chi connectivity index (χ0n) is 12.6. The van der Waals surface area contributed by atoms with Gasteiger partial charge in [-0.05, 0) is 35.1 Å². The molecule has 23 heavy (non-hydrogen) atoms. The van der Waals surface area contributed by atoms with Gasteiger partial charge in [0.05, 0.1) is 5.70 Å². The van der Waals surface area contributed by atoms with Crippen LogP contribution in [0.15, 0.2) is 83.3 Å². The predicted octanol–water partition coefficient (Wildman–Crippen LogP) is 3.37. The maximum Gasteiger partial charge on any atom is 0.366 e. The quantitative estimate of drug-likeness (QED) is 0.599. The number of ether oxygens (including phenoxy) is 1. The second-order valence-electron chi connectivity index (χ2n) is 5.41. The lowest BCUT2D eigenvalue weighted by Crippen LogP contribution is -2.15. The van der Waals surface area contributed by atoms with Gasteiger partial charge < -0.3 is 9.64 Å². The minimum absolute atomic E-state index is 0.330. The van der Waals surface area contributed by atoms with Gasteiger partial charge in [0.25, 0.3) is 0 Å². The Morgan fingerprint density at radius 1 is 1.04 bits per heavy atom. The Morgan fingerprint density at radius 3 is 2.70 bits per heavy atom. The Morgan fingerprint density at radius 2 is 1.87 bits per heavy atom. The van der Waals surface area contributed by atoms with E-state index in [9.17, 15) is 4.79 Å². The average molecular weight is 302 g/mol. The molecule has 112 valence electrons. The zero-order chi connectivity index (χ0) is 15.8. The van der Waals surface area contributed by atoms with E-state index in [-0.39, 0.29) is 0 Å². The Hall–Kier alpha value is -3.14. The molecule has 4 nitrogen and oxygen atoms in total. The van der Waals surface area contributed by atoms with E-state index in [1.54, 1.807) is 0 Å². The molecule has 0 aromatic heterocycles. The van der Waals surface area contributed by atoms with E-state index < -0.39 is 5.97 Å². The number of allylic oxidation sites excluding steroid dienone is 3. The van der Waals surface area contributed by atoms with Crippen molar-refractivity contribution in [1.82, 2.24) is 4.90 Å². The lowest BCUT2D eigenvalue weighted by atomic mass is 10.1. The van der Waals surface area contributed by atoms with E-state index in [0.29, 0.717) is 11.6 Å². The van der Waals surface area contributed by atoms with E-state index in [2.05, 4.69) is 4.99 Å². The van der Waals surface area contributed by atoms with Crippen LogP contribution in [0.2, 0.25) is 0 Å². The lowest BCUT2D eigenvalue weighted by Gasteiger charge is -2.17. The van der Waals surface area contributed by atoms with Crippen molar-refractivity contribution in [3.63, 3.8) is 0 Å². The van der Waals surface area contributed by atoms with Gasteiger partial charge in [0.2, 0.25) is 5.90 Å². The van der Waals surface area contributed by atoms with E-state index in [1.165, 1.54) is 0 Å². The average Bonchev–Trinajstić information content (AvgIpc) is 2.96. The van der Waals surface area contributed by atoms with Crippen LogP contribution in [0, 0.1) is 0 Å². The number of cyclic esters (lactones) is 1. The summed E-state index contributed by atoms with van der Waals surface area (Å²) >= 11 is 0. The maximum absolute atomic E-state index is 12.2. The smallest absolute Gasteiger partial charge is 0.366 e. The van der Waals surface area contributed by atoms with Crippen LogP contribution in [0.1, 0.15) is 5.56 Å². The number of likely N-dealkylation sites (N-methyl/N-ethyl adjacent to an activating group) is 1. The summed E-state index contributed by atoms with van der Waals surface area (Å²) in [7, 11) is 1.87. The summed E-state index contributed by atoms with van der Waals surface area (Å²) in [4.78, 5) is 18.5. The van der Waals surface area contributed by atoms with Crippen molar-refractivity contribution in [3.05, 3.63) is 83.9 Å². The first-order chi connectivity index (χ1) is 11.2. The highest BCUT2D eigenvalue weighted by Gasteiger charge is 2.28. The van der Waals surface area contributed by atoms with Crippen LogP contribution in [-0.2, 0) is 9.53 Å². The number of rotatable bonds is 1. The molecule has 2 aliphatic rings. The third-order valence-electron chi connectivity index (χ3n) is 3.89. The first kappa shape index (κ1) is 13.5. The molecule has 2 aliphatic heterocycles. The molecule has 2 aromatic carbocycles. The van der Waals surface area contributed by atoms with Crippen LogP contribution in [-0.4, -0.2) is 23.8 Å². The minimum Gasteiger partial charge on any atom is -0.402 e. The monoisotopic (exact) mass is 302 g/mol. The van der Waals surface area contributed by atoms with Crippen molar-refractivity contribution >= 4 is 22.6 Å². The number of aliphatic imine (C=N–C) groups is 1. The molecule has 4 heteroatoms. The molecule has 4 rings (SSSR count). The number of carbonyl (C=O) groups excluding carboxylic acids is 1. The summed E-state index contributed by atoms with van der Waals surface area (Å²) in [5, 5.41) is 2.22. The molecule has 0 unspecified atom stereocenters. The first-order valence-electron chi connectivity index (χ1n) is 7.34. The van der Waals surface area contributed by atoms with Crippen LogP contribution in [0.25, 0.3) is 10.8 Å². The van der Waals surface area contributed by atoms with Crippen molar-refractivity contribution in [1.29, 1.82) is 0 Å². The van der Waals surface area contributed by atoms with Gasteiger partial charge in [-0.25, -0.2) is 9.79 Å². The molecular weight excluding hydrogens is 288 g/mol. The maximum atomic E-state index is 12.2. The molecule has 2 aromatic rings. The molecule has 0 bridgehead atoms.